The van der Waals surface area contributed by atoms with Crippen LogP contribution in [0, 0.1) is 0 Å². The van der Waals surface area contributed by atoms with Gasteiger partial charge in [-0.05, 0) is 23.6 Å². The van der Waals surface area contributed by atoms with Gasteiger partial charge in [0.25, 0.3) is 16.5 Å². The van der Waals surface area contributed by atoms with Crippen molar-refractivity contribution in [1.29, 1.82) is 0 Å². The fourth-order valence-electron chi connectivity index (χ4n) is 1.45. The topological polar surface area (TPSA) is 34.1 Å². The summed E-state index contributed by atoms with van der Waals surface area (Å²) in [4.78, 5) is 0.140. The van der Waals surface area contributed by atoms with Crippen molar-refractivity contribution in [3.8, 4) is 0 Å². The van der Waals surface area contributed by atoms with Gasteiger partial charge in [0, 0.05) is 10.7 Å². The zero-order valence-electron chi connectivity index (χ0n) is 8.45. The van der Waals surface area contributed by atoms with E-state index in [0.29, 0.717) is 11.6 Å². The number of hydrogen-bond donors (Lipinski definition) is 0. The fourth-order valence-corrected chi connectivity index (χ4v) is 4.74. The molecule has 0 spiro atoms. The monoisotopic (exact) mass is 315 g/mol. The van der Waals surface area contributed by atoms with Crippen molar-refractivity contribution in [2.75, 3.05) is 0 Å². The third-order valence-corrected chi connectivity index (χ3v) is 5.42. The Morgan fingerprint density at radius 1 is 1.31 bits per heavy atom. The highest BCUT2D eigenvalue weighted by molar-refractivity contribution is 8.13. The van der Waals surface area contributed by atoms with Gasteiger partial charge in [0.15, 0.2) is 0 Å². The maximum Gasteiger partial charge on any atom is 0.274 e. The minimum absolute atomic E-state index is 0.0198. The van der Waals surface area contributed by atoms with Gasteiger partial charge in [0.05, 0.1) is 4.90 Å². The van der Waals surface area contributed by atoms with E-state index in [0.717, 1.165) is 0 Å². The summed E-state index contributed by atoms with van der Waals surface area (Å²) in [5.74, 6) is -0.0198. The molecule has 0 aliphatic rings. The Bertz CT molecular complexity index is 462. The Balaban J connectivity index is 3.14. The van der Waals surface area contributed by atoms with E-state index in [-0.39, 0.29) is 10.8 Å². The lowest BCUT2D eigenvalue weighted by molar-refractivity contribution is 0.607. The van der Waals surface area contributed by atoms with Gasteiger partial charge in [-0.25, -0.2) is 8.42 Å². The van der Waals surface area contributed by atoms with Crippen molar-refractivity contribution in [1.82, 2.24) is 0 Å². The summed E-state index contributed by atoms with van der Waals surface area (Å²) in [6.07, 6.45) is 0. The summed E-state index contributed by atoms with van der Waals surface area (Å²) in [6.45, 7) is 1.89. The van der Waals surface area contributed by atoms with Crippen molar-refractivity contribution in [2.45, 2.75) is 23.8 Å². The number of halogens is 3. The first kappa shape index (κ1) is 14.3. The molecule has 0 fully saturated rings. The van der Waals surface area contributed by atoms with Crippen LogP contribution in [0.2, 0.25) is 6.04 Å². The zero-order chi connectivity index (χ0) is 12.3. The summed E-state index contributed by atoms with van der Waals surface area (Å²) in [5, 5.41) is 0. The standard InChI is InChI=1S/C9H10Cl3O2SSi/c1-7(6-16(11)12)8-4-2-3-5-9(8)15(10,13)14/h2-5,7H,6H2,1H3. The Labute approximate surface area is 111 Å². The van der Waals surface area contributed by atoms with Crippen LogP contribution in [0.1, 0.15) is 18.4 Å². The molecule has 0 heterocycles. The molecule has 0 aliphatic heterocycles. The third-order valence-electron chi connectivity index (χ3n) is 2.17. The molecule has 16 heavy (non-hydrogen) atoms. The van der Waals surface area contributed by atoms with Crippen LogP contribution in [0.4, 0.5) is 0 Å². The average molecular weight is 317 g/mol. The molecule has 1 aromatic rings. The van der Waals surface area contributed by atoms with Crippen molar-refractivity contribution in [2.24, 2.45) is 0 Å². The maximum absolute atomic E-state index is 11.4. The molecule has 0 N–H and O–H groups in total. The minimum atomic E-state index is -3.72. The quantitative estimate of drug-likeness (QED) is 0.482. The Kier molecular flexibility index (Phi) is 5.13. The first-order valence-electron chi connectivity index (χ1n) is 4.52. The second-order valence-corrected chi connectivity index (χ2v) is 10.4. The van der Waals surface area contributed by atoms with E-state index in [1.165, 1.54) is 6.07 Å². The van der Waals surface area contributed by atoms with Crippen molar-refractivity contribution < 1.29 is 8.42 Å². The molecule has 0 bridgehead atoms. The van der Waals surface area contributed by atoms with E-state index in [1.54, 1.807) is 18.2 Å². The molecule has 2 nitrogen and oxygen atoms in total. The second kappa shape index (κ2) is 5.73. The van der Waals surface area contributed by atoms with Gasteiger partial charge in [-0.15, -0.1) is 22.2 Å². The smallest absolute Gasteiger partial charge is 0.207 e. The van der Waals surface area contributed by atoms with Crippen LogP contribution >= 0.6 is 32.8 Å². The largest absolute Gasteiger partial charge is 0.274 e. The molecule has 0 aliphatic carbocycles. The zero-order valence-corrected chi connectivity index (χ0v) is 12.5. The number of hydrogen-bond acceptors (Lipinski definition) is 2. The van der Waals surface area contributed by atoms with Gasteiger partial charge in [-0.3, -0.25) is 0 Å². The first-order chi connectivity index (χ1) is 7.32. The predicted molar refractivity (Wildman–Crippen MR) is 70.2 cm³/mol. The lowest BCUT2D eigenvalue weighted by Gasteiger charge is -2.14. The lowest BCUT2D eigenvalue weighted by atomic mass is 10.0. The highest BCUT2D eigenvalue weighted by atomic mass is 35.7. The summed E-state index contributed by atoms with van der Waals surface area (Å²) in [7, 11) is 0.206. The molecule has 1 unspecified atom stereocenters. The molecule has 1 rings (SSSR count). The first-order valence-corrected chi connectivity index (χ1v) is 10.6. The highest BCUT2D eigenvalue weighted by Gasteiger charge is 2.21. The van der Waals surface area contributed by atoms with Crippen LogP contribution in [0.15, 0.2) is 29.2 Å². The van der Waals surface area contributed by atoms with Gasteiger partial charge >= 0.3 is 0 Å². The van der Waals surface area contributed by atoms with E-state index in [1.807, 2.05) is 6.92 Å². The SMILES string of the molecule is CC(C[Si](Cl)Cl)c1ccccc1S(=O)(=O)Cl. The molecule has 1 radical (unpaired) electrons. The summed E-state index contributed by atoms with van der Waals surface area (Å²) in [5.41, 5.74) is 0.668. The van der Waals surface area contributed by atoms with Crippen LogP contribution < -0.4 is 0 Å². The molecular formula is C9H10Cl3O2SSi. The fraction of sp³-hybridized carbons (Fsp3) is 0.333. The van der Waals surface area contributed by atoms with Crippen LogP contribution in [0.5, 0.6) is 0 Å². The van der Waals surface area contributed by atoms with Gasteiger partial charge in [-0.1, -0.05) is 25.1 Å². The molecule has 1 atom stereocenters. The van der Waals surface area contributed by atoms with E-state index < -0.39 is 16.5 Å². The Morgan fingerprint density at radius 2 is 1.88 bits per heavy atom. The van der Waals surface area contributed by atoms with Crippen molar-refractivity contribution in [3.05, 3.63) is 29.8 Å². The minimum Gasteiger partial charge on any atom is -0.207 e. The van der Waals surface area contributed by atoms with Gasteiger partial charge in [0.2, 0.25) is 0 Å². The second-order valence-electron chi connectivity index (χ2n) is 3.42. The molecule has 7 heteroatoms. The number of rotatable bonds is 4. The third kappa shape index (κ3) is 3.93. The predicted octanol–water partition coefficient (Wildman–Crippen LogP) is 3.68. The number of benzene rings is 1. The molecule has 1 aromatic carbocycles. The summed E-state index contributed by atoms with van der Waals surface area (Å²) in [6, 6.07) is 7.21. The van der Waals surface area contributed by atoms with Gasteiger partial charge in [0.1, 0.15) is 0 Å². The van der Waals surface area contributed by atoms with Crippen molar-refractivity contribution >= 4 is 49.3 Å². The Hall–Kier alpha value is 0.257. The van der Waals surface area contributed by atoms with Gasteiger partial charge < -0.3 is 0 Å². The van der Waals surface area contributed by atoms with Crippen LogP contribution in [-0.2, 0) is 9.05 Å². The van der Waals surface area contributed by atoms with Crippen LogP contribution in [-0.4, -0.2) is 15.8 Å². The summed E-state index contributed by atoms with van der Waals surface area (Å²) < 4.78 is 22.7. The molecular weight excluding hydrogens is 307 g/mol. The van der Waals surface area contributed by atoms with E-state index >= 15 is 0 Å². The lowest BCUT2D eigenvalue weighted by Crippen LogP contribution is -2.05. The maximum atomic E-state index is 11.4. The molecule has 0 aromatic heterocycles. The van der Waals surface area contributed by atoms with Gasteiger partial charge in [-0.2, -0.15) is 0 Å². The molecule has 89 valence electrons. The van der Waals surface area contributed by atoms with E-state index in [4.69, 9.17) is 32.8 Å². The van der Waals surface area contributed by atoms with Crippen molar-refractivity contribution in [3.63, 3.8) is 0 Å². The molecule has 0 saturated heterocycles. The highest BCUT2D eigenvalue weighted by Crippen LogP contribution is 2.30. The summed E-state index contributed by atoms with van der Waals surface area (Å²) >= 11 is 11.5. The van der Waals surface area contributed by atoms with E-state index in [9.17, 15) is 8.42 Å². The average Bonchev–Trinajstić information content (AvgIpc) is 2.15. The van der Waals surface area contributed by atoms with Crippen LogP contribution in [0.3, 0.4) is 0 Å². The normalized spacial score (nSPS) is 14.1. The molecule has 0 amide bonds. The Morgan fingerprint density at radius 3 is 2.38 bits per heavy atom. The molecule has 0 saturated carbocycles. The van der Waals surface area contributed by atoms with E-state index in [2.05, 4.69) is 0 Å². The van der Waals surface area contributed by atoms with Crippen LogP contribution in [0.25, 0.3) is 0 Å².